The maximum Gasteiger partial charge on any atom is 1.00 e. The third-order valence-corrected chi connectivity index (χ3v) is 8.28. The molecule has 0 aliphatic rings. The van der Waals surface area contributed by atoms with Crippen molar-refractivity contribution in [2.75, 3.05) is 0 Å². The molecule has 0 aliphatic heterocycles. The monoisotopic (exact) mass is 649 g/mol. The van der Waals surface area contributed by atoms with Crippen LogP contribution in [0.1, 0.15) is 50.1 Å². The van der Waals surface area contributed by atoms with Crippen molar-refractivity contribution in [3.63, 3.8) is 0 Å². The van der Waals surface area contributed by atoms with Crippen LogP contribution in [-0.2, 0) is 18.0 Å². The molecule has 4 aromatic carbocycles. The molecule has 0 saturated carbocycles. The van der Waals surface area contributed by atoms with Crippen molar-refractivity contribution in [1.29, 1.82) is 0 Å². The van der Waals surface area contributed by atoms with Crippen molar-refractivity contribution in [3.05, 3.63) is 144 Å². The fraction of sp³-hybridized carbons (Fsp3) is 0.179. The van der Waals surface area contributed by atoms with Crippen LogP contribution in [-0.4, -0.2) is 32.0 Å². The Hall–Kier alpha value is -4.76. The summed E-state index contributed by atoms with van der Waals surface area (Å²) in [7, 11) is 0. The van der Waals surface area contributed by atoms with Gasteiger partial charge >= 0.3 is 35.5 Å². The maximum absolute atomic E-state index is 11.8. The van der Waals surface area contributed by atoms with Crippen molar-refractivity contribution < 1.29 is 55.6 Å². The Balaban J connectivity index is 0.00000270. The van der Waals surface area contributed by atoms with Crippen LogP contribution >= 0.6 is 0 Å². The van der Waals surface area contributed by atoms with Crippen molar-refractivity contribution in [2.45, 2.75) is 39.4 Å². The molecular weight excluding hydrogens is 613 g/mol. The molecular formula is C39H36N3NaO5. The topological polar surface area (TPSA) is 114 Å². The smallest absolute Gasteiger partial charge is 1.00 e. The second-order valence-corrected chi connectivity index (χ2v) is 12.2. The summed E-state index contributed by atoms with van der Waals surface area (Å²) in [6.07, 6.45) is 0.0429. The first-order valence-electron chi connectivity index (χ1n) is 15.4. The van der Waals surface area contributed by atoms with Gasteiger partial charge in [0, 0.05) is 23.1 Å². The molecule has 6 aromatic rings. The normalized spacial score (nSPS) is 11.8. The number of benzene rings is 4. The zero-order valence-electron chi connectivity index (χ0n) is 28.2. The minimum absolute atomic E-state index is 0. The summed E-state index contributed by atoms with van der Waals surface area (Å²) in [6.45, 7) is 4.59. The van der Waals surface area contributed by atoms with E-state index in [0.717, 1.165) is 44.3 Å². The Morgan fingerprint density at radius 1 is 0.708 bits per heavy atom. The predicted octanol–water partition coefficient (Wildman–Crippen LogP) is 5.52. The molecule has 2 heterocycles. The standard InChI is InChI=1S/C39H35N3O5.Na.H/c1-39(2,23-36(42-45)38(43)44)37(28-13-19-32(20-14-28)46-24-30-17-11-26-7-3-5-9-34(26)40-30)29-15-21-33(22-16-29)47-25-31-18-12-27-8-4-6-10-35(27)41-31;;/h3-22,37,45H,23-25H2,1-2H3,(H,43,44);;/q;+1;-1/b42-36-;;. The predicted molar refractivity (Wildman–Crippen MR) is 183 cm³/mol. The van der Waals surface area contributed by atoms with Gasteiger partial charge in [-0.15, -0.1) is 0 Å². The number of oxime groups is 1. The number of hydrogen-bond donors (Lipinski definition) is 2. The fourth-order valence-electron chi connectivity index (χ4n) is 5.99. The molecule has 2 aromatic heterocycles. The molecule has 0 unspecified atom stereocenters. The molecule has 2 N–H and O–H groups in total. The number of pyridine rings is 2. The van der Waals surface area contributed by atoms with E-state index < -0.39 is 11.4 Å². The Bertz CT molecular complexity index is 1930. The van der Waals surface area contributed by atoms with E-state index in [1.807, 2.05) is 135 Å². The second kappa shape index (κ2) is 15.4. The fourth-order valence-corrected chi connectivity index (χ4v) is 5.99. The number of fused-ring (bicyclic) bond motifs is 2. The van der Waals surface area contributed by atoms with E-state index in [0.29, 0.717) is 24.7 Å². The van der Waals surface area contributed by atoms with E-state index in [9.17, 15) is 15.1 Å². The molecule has 0 radical (unpaired) electrons. The number of ether oxygens (including phenoxy) is 2. The van der Waals surface area contributed by atoms with Crippen LogP contribution in [0.25, 0.3) is 21.8 Å². The van der Waals surface area contributed by atoms with Crippen molar-refractivity contribution in [1.82, 2.24) is 9.97 Å². The minimum Gasteiger partial charge on any atom is -1.00 e. The average Bonchev–Trinajstić information content (AvgIpc) is 3.09. The van der Waals surface area contributed by atoms with E-state index in [2.05, 4.69) is 15.1 Å². The Kier molecular flexibility index (Phi) is 11.1. The van der Waals surface area contributed by atoms with Gasteiger partial charge in [0.05, 0.1) is 22.4 Å². The van der Waals surface area contributed by atoms with Gasteiger partial charge in [-0.2, -0.15) is 0 Å². The zero-order chi connectivity index (χ0) is 32.8. The summed E-state index contributed by atoms with van der Waals surface area (Å²) in [5.74, 6) is -0.119. The quantitative estimate of drug-likeness (QED) is 0.0777. The number of rotatable bonds is 12. The van der Waals surface area contributed by atoms with Crippen LogP contribution in [0.2, 0.25) is 0 Å². The van der Waals surface area contributed by atoms with Gasteiger partial charge in [-0.25, -0.2) is 14.8 Å². The number of hydrogen-bond acceptors (Lipinski definition) is 7. The van der Waals surface area contributed by atoms with Gasteiger partial charge < -0.3 is 21.2 Å². The molecule has 0 bridgehead atoms. The molecule has 8 nitrogen and oxygen atoms in total. The Morgan fingerprint density at radius 3 is 1.56 bits per heavy atom. The summed E-state index contributed by atoms with van der Waals surface area (Å²) in [5.41, 5.74) is 4.47. The van der Waals surface area contributed by atoms with Crippen molar-refractivity contribution in [2.24, 2.45) is 10.6 Å². The van der Waals surface area contributed by atoms with Gasteiger partial charge in [-0.05, 0) is 65.1 Å². The second-order valence-electron chi connectivity index (χ2n) is 12.2. The van der Waals surface area contributed by atoms with E-state index in [1.165, 1.54) is 0 Å². The molecule has 0 spiro atoms. The number of nitrogens with zero attached hydrogens (tertiary/aromatic N) is 3. The summed E-state index contributed by atoms with van der Waals surface area (Å²) in [5, 5.41) is 24.3. The van der Waals surface area contributed by atoms with Gasteiger partial charge in [0.2, 0.25) is 0 Å². The van der Waals surface area contributed by atoms with Crippen LogP contribution < -0.4 is 39.0 Å². The van der Waals surface area contributed by atoms with Gasteiger partial charge in [-0.1, -0.05) is 91.8 Å². The zero-order valence-corrected chi connectivity index (χ0v) is 29.2. The number of carbonyl (C=O) groups is 1. The summed E-state index contributed by atoms with van der Waals surface area (Å²) >= 11 is 0. The van der Waals surface area contributed by atoms with E-state index in [4.69, 9.17) is 9.47 Å². The first-order chi connectivity index (χ1) is 22.8. The third-order valence-electron chi connectivity index (χ3n) is 8.28. The summed E-state index contributed by atoms with van der Waals surface area (Å²) in [4.78, 5) is 21.2. The van der Waals surface area contributed by atoms with E-state index in [1.54, 1.807) is 0 Å². The van der Waals surface area contributed by atoms with E-state index >= 15 is 0 Å². The van der Waals surface area contributed by atoms with Gasteiger partial charge in [-0.3, -0.25) is 0 Å². The van der Waals surface area contributed by atoms with Gasteiger partial charge in [0.1, 0.15) is 24.7 Å². The summed E-state index contributed by atoms with van der Waals surface area (Å²) < 4.78 is 12.1. The van der Waals surface area contributed by atoms with Gasteiger partial charge in [0.15, 0.2) is 5.71 Å². The molecule has 6 rings (SSSR count). The molecule has 48 heavy (non-hydrogen) atoms. The number of para-hydroxylation sites is 2. The third kappa shape index (κ3) is 8.20. The number of carboxylic acid groups (broad SMARTS) is 1. The molecule has 238 valence electrons. The molecule has 9 heteroatoms. The van der Waals surface area contributed by atoms with Gasteiger partial charge in [0.25, 0.3) is 0 Å². The molecule has 0 atom stereocenters. The molecule has 0 aliphatic carbocycles. The number of aliphatic carboxylic acids is 1. The molecule has 0 amide bonds. The van der Waals surface area contributed by atoms with Crippen LogP contribution in [0, 0.1) is 5.41 Å². The Morgan fingerprint density at radius 2 is 1.15 bits per heavy atom. The molecule has 0 saturated heterocycles. The van der Waals surface area contributed by atoms with Crippen molar-refractivity contribution >= 4 is 33.5 Å². The first kappa shape index (κ1) is 34.6. The summed E-state index contributed by atoms with van der Waals surface area (Å²) in [6, 6.07) is 39.5. The molecule has 0 fully saturated rings. The number of carboxylic acids is 1. The minimum atomic E-state index is -1.25. The first-order valence-corrected chi connectivity index (χ1v) is 15.4. The van der Waals surface area contributed by atoms with Crippen LogP contribution in [0.5, 0.6) is 11.5 Å². The maximum atomic E-state index is 11.8. The van der Waals surface area contributed by atoms with Crippen LogP contribution in [0.15, 0.2) is 126 Å². The van der Waals surface area contributed by atoms with E-state index in [-0.39, 0.29) is 49.0 Å². The SMILES string of the molecule is CC(C)(C/C(=N/O)C(=O)O)C(c1ccc(OCc2ccc3ccccc3n2)cc1)c1ccc(OCc2ccc3ccccc3n2)cc1.[H-].[Na+]. The number of aromatic nitrogens is 2. The Labute approximate surface area is 302 Å². The largest absolute Gasteiger partial charge is 1.00 e. The van der Waals surface area contributed by atoms with Crippen LogP contribution in [0.4, 0.5) is 0 Å². The van der Waals surface area contributed by atoms with Crippen LogP contribution in [0.3, 0.4) is 0 Å². The average molecular weight is 650 g/mol. The van der Waals surface area contributed by atoms with Crippen molar-refractivity contribution in [3.8, 4) is 11.5 Å².